The van der Waals surface area contributed by atoms with Crippen molar-refractivity contribution < 1.29 is 17.9 Å². The quantitative estimate of drug-likeness (QED) is 0.847. The van der Waals surface area contributed by atoms with E-state index in [2.05, 4.69) is 9.69 Å². The number of anilines is 2. The Bertz CT molecular complexity index is 326. The van der Waals surface area contributed by atoms with Crippen LogP contribution in [0.3, 0.4) is 0 Å². The average Bonchev–Trinajstić information content (AvgIpc) is 2.45. The van der Waals surface area contributed by atoms with Gasteiger partial charge in [-0.25, -0.2) is 0 Å². The van der Waals surface area contributed by atoms with Gasteiger partial charge in [0.1, 0.15) is 6.54 Å². The Hall–Kier alpha value is -1.18. The van der Waals surface area contributed by atoms with Gasteiger partial charge < -0.3 is 15.8 Å². The van der Waals surface area contributed by atoms with Gasteiger partial charge in [-0.3, -0.25) is 0 Å². The van der Waals surface area contributed by atoms with Gasteiger partial charge in [0.2, 0.25) is 0 Å². The maximum Gasteiger partial charge on any atom is 0.405 e. The van der Waals surface area contributed by atoms with Crippen molar-refractivity contribution in [3.05, 3.63) is 0 Å². The molecule has 0 saturated carbocycles. The molecule has 15 heavy (non-hydrogen) atoms. The van der Waals surface area contributed by atoms with Crippen LogP contribution in [0, 0.1) is 0 Å². The lowest BCUT2D eigenvalue weighted by atomic mass is 10.5. The van der Waals surface area contributed by atoms with Crippen molar-refractivity contribution in [2.45, 2.75) is 13.1 Å². The molecule has 3 N–H and O–H groups in total. The lowest BCUT2D eigenvalue weighted by Crippen LogP contribution is -2.21. The number of hydrogen-bond donors (Lipinski definition) is 2. The third-order valence-electron chi connectivity index (χ3n) is 1.41. The minimum atomic E-state index is -4.28. The highest BCUT2D eigenvalue weighted by Crippen LogP contribution is 2.35. The number of aromatic nitrogens is 1. The fourth-order valence-electron chi connectivity index (χ4n) is 0.871. The molecule has 0 radical (unpaired) electrons. The van der Waals surface area contributed by atoms with Gasteiger partial charge in [0.25, 0.3) is 0 Å². The molecule has 0 unspecified atom stereocenters. The summed E-state index contributed by atoms with van der Waals surface area (Å²) in [5.41, 5.74) is 5.42. The third kappa shape index (κ3) is 3.46. The molecule has 1 rings (SSSR count). The van der Waals surface area contributed by atoms with Crippen LogP contribution < -0.4 is 15.8 Å². The highest BCUT2D eigenvalue weighted by Gasteiger charge is 2.28. The monoisotopic (exact) mass is 241 g/mol. The maximum absolute atomic E-state index is 11.9. The molecule has 0 aliphatic carbocycles. The zero-order valence-corrected chi connectivity index (χ0v) is 8.71. The van der Waals surface area contributed by atoms with E-state index in [-0.39, 0.29) is 16.6 Å². The number of alkyl halides is 3. The molecule has 0 saturated heterocycles. The van der Waals surface area contributed by atoms with Gasteiger partial charge >= 0.3 is 6.18 Å². The van der Waals surface area contributed by atoms with Crippen molar-refractivity contribution in [1.82, 2.24) is 4.37 Å². The van der Waals surface area contributed by atoms with Crippen molar-refractivity contribution in [3.63, 3.8) is 0 Å². The Kier molecular flexibility index (Phi) is 3.61. The molecule has 0 atom stereocenters. The van der Waals surface area contributed by atoms with Crippen LogP contribution in [-0.4, -0.2) is 23.7 Å². The Morgan fingerprint density at radius 2 is 2.20 bits per heavy atom. The summed E-state index contributed by atoms with van der Waals surface area (Å²) in [5.74, 6) is 0.290. The Labute approximate surface area is 88.4 Å². The Balaban J connectivity index is 2.68. The van der Waals surface area contributed by atoms with E-state index >= 15 is 0 Å². The van der Waals surface area contributed by atoms with Crippen molar-refractivity contribution in [1.29, 1.82) is 0 Å². The number of nitrogens with one attached hydrogen (secondary N) is 1. The molecule has 1 aromatic rings. The molecule has 0 bridgehead atoms. The van der Waals surface area contributed by atoms with Crippen LogP contribution in [0.25, 0.3) is 0 Å². The summed E-state index contributed by atoms with van der Waals surface area (Å²) in [7, 11) is 0. The van der Waals surface area contributed by atoms with Gasteiger partial charge in [0.15, 0.2) is 16.6 Å². The number of rotatable bonds is 4. The molecule has 0 aliphatic heterocycles. The van der Waals surface area contributed by atoms with Crippen LogP contribution in [0.2, 0.25) is 0 Å². The van der Waals surface area contributed by atoms with E-state index in [1.165, 1.54) is 0 Å². The number of nitrogen functional groups attached to an aromatic ring is 1. The largest absolute Gasteiger partial charge is 0.487 e. The highest BCUT2D eigenvalue weighted by molar-refractivity contribution is 7.11. The van der Waals surface area contributed by atoms with Crippen LogP contribution in [0.15, 0.2) is 0 Å². The Morgan fingerprint density at radius 1 is 1.53 bits per heavy atom. The number of halogens is 3. The van der Waals surface area contributed by atoms with E-state index < -0.39 is 12.7 Å². The summed E-state index contributed by atoms with van der Waals surface area (Å²) in [4.78, 5) is 0. The first kappa shape index (κ1) is 11.9. The normalized spacial score (nSPS) is 11.5. The first-order chi connectivity index (χ1) is 6.94. The SMILES string of the molecule is CCOc1c(N)nsc1NCC(F)(F)F. The maximum atomic E-state index is 11.9. The summed E-state index contributed by atoms with van der Waals surface area (Å²) in [6, 6.07) is 0. The zero-order valence-electron chi connectivity index (χ0n) is 7.89. The highest BCUT2D eigenvalue weighted by atomic mass is 32.1. The topological polar surface area (TPSA) is 60.2 Å². The van der Waals surface area contributed by atoms with Gasteiger partial charge in [-0.15, -0.1) is 0 Å². The molecule has 0 spiro atoms. The minimum Gasteiger partial charge on any atom is -0.487 e. The summed E-state index contributed by atoms with van der Waals surface area (Å²) in [6.07, 6.45) is -4.28. The summed E-state index contributed by atoms with van der Waals surface area (Å²) in [5, 5.41) is 2.39. The van der Waals surface area contributed by atoms with Crippen molar-refractivity contribution in [3.8, 4) is 5.75 Å². The van der Waals surface area contributed by atoms with Gasteiger partial charge in [-0.2, -0.15) is 17.5 Å². The van der Waals surface area contributed by atoms with Gasteiger partial charge in [0.05, 0.1) is 6.61 Å². The second kappa shape index (κ2) is 4.56. The zero-order chi connectivity index (χ0) is 11.5. The van der Waals surface area contributed by atoms with Gasteiger partial charge in [-0.05, 0) is 18.5 Å². The van der Waals surface area contributed by atoms with Gasteiger partial charge in [-0.1, -0.05) is 0 Å². The van der Waals surface area contributed by atoms with E-state index in [1.807, 2.05) is 0 Å². The Morgan fingerprint density at radius 3 is 2.73 bits per heavy atom. The van der Waals surface area contributed by atoms with Crippen molar-refractivity contribution in [2.24, 2.45) is 0 Å². The molecule has 0 amide bonds. The molecular formula is C7H10F3N3OS. The molecule has 1 heterocycles. The van der Waals surface area contributed by atoms with E-state index in [9.17, 15) is 13.2 Å². The predicted molar refractivity (Wildman–Crippen MR) is 52.2 cm³/mol. The molecule has 8 heteroatoms. The van der Waals surface area contributed by atoms with Crippen LogP contribution in [0.5, 0.6) is 5.75 Å². The summed E-state index contributed by atoms with van der Waals surface area (Å²) >= 11 is 0.846. The second-order valence-electron chi connectivity index (χ2n) is 2.63. The first-order valence-corrected chi connectivity index (χ1v) is 4.90. The number of ether oxygens (including phenoxy) is 1. The van der Waals surface area contributed by atoms with Crippen LogP contribution in [0.1, 0.15) is 6.92 Å². The van der Waals surface area contributed by atoms with Crippen LogP contribution in [-0.2, 0) is 0 Å². The number of hydrogen-bond acceptors (Lipinski definition) is 5. The third-order valence-corrected chi connectivity index (χ3v) is 2.21. The summed E-state index contributed by atoms with van der Waals surface area (Å²) in [6.45, 7) is 0.905. The fourth-order valence-corrected chi connectivity index (χ4v) is 1.53. The van der Waals surface area contributed by atoms with E-state index in [1.54, 1.807) is 6.92 Å². The van der Waals surface area contributed by atoms with Crippen LogP contribution >= 0.6 is 11.5 Å². The van der Waals surface area contributed by atoms with E-state index in [4.69, 9.17) is 10.5 Å². The lowest BCUT2D eigenvalue weighted by molar-refractivity contribution is -0.115. The molecule has 4 nitrogen and oxygen atoms in total. The second-order valence-corrected chi connectivity index (χ2v) is 3.40. The molecule has 0 fully saturated rings. The smallest absolute Gasteiger partial charge is 0.405 e. The first-order valence-electron chi connectivity index (χ1n) is 4.12. The molecular weight excluding hydrogens is 231 g/mol. The van der Waals surface area contributed by atoms with E-state index in [0.29, 0.717) is 6.61 Å². The average molecular weight is 241 g/mol. The number of nitrogens with zero attached hydrogens (tertiary/aromatic N) is 1. The fraction of sp³-hybridized carbons (Fsp3) is 0.571. The molecule has 0 aliphatic rings. The lowest BCUT2D eigenvalue weighted by Gasteiger charge is -2.09. The summed E-state index contributed by atoms with van der Waals surface area (Å²) < 4.78 is 44.5. The number of nitrogens with two attached hydrogens (primary N) is 1. The van der Waals surface area contributed by atoms with Crippen molar-refractivity contribution in [2.75, 3.05) is 24.2 Å². The predicted octanol–water partition coefficient (Wildman–Crippen LogP) is 2.10. The van der Waals surface area contributed by atoms with Crippen LogP contribution in [0.4, 0.5) is 24.0 Å². The molecule has 0 aromatic carbocycles. The molecule has 86 valence electrons. The minimum absolute atomic E-state index is 0.103. The standard InChI is InChI=1S/C7H10F3N3OS/c1-2-14-4-5(11)13-15-6(4)12-3-7(8,9)10/h12H,2-3H2,1H3,(H2,11,13). The van der Waals surface area contributed by atoms with Gasteiger partial charge in [0, 0.05) is 0 Å². The van der Waals surface area contributed by atoms with Crippen molar-refractivity contribution >= 4 is 22.4 Å². The van der Waals surface area contributed by atoms with E-state index in [0.717, 1.165) is 11.5 Å². The molecule has 1 aromatic heterocycles.